The van der Waals surface area contributed by atoms with Crippen LogP contribution in [0.4, 0.5) is 0 Å². The van der Waals surface area contributed by atoms with Crippen LogP contribution in [0.1, 0.15) is 17.4 Å². The summed E-state index contributed by atoms with van der Waals surface area (Å²) in [6.45, 7) is 2.10. The molecule has 3 aromatic rings. The second-order valence-corrected chi connectivity index (χ2v) is 4.23. The number of esters is 1. The molecule has 0 spiro atoms. The number of carbonyl (C=O) groups excluding carboxylic acids is 1. The van der Waals surface area contributed by atoms with E-state index in [1.54, 1.807) is 23.7 Å². The molecule has 0 aliphatic heterocycles. The summed E-state index contributed by atoms with van der Waals surface area (Å²) < 4.78 is 6.58. The second kappa shape index (κ2) is 5.13. The highest BCUT2D eigenvalue weighted by molar-refractivity contribution is 5.87. The summed E-state index contributed by atoms with van der Waals surface area (Å²) in [5, 5.41) is 4.43. The van der Waals surface area contributed by atoms with Crippen LogP contribution < -0.4 is 0 Å². The Morgan fingerprint density at radius 2 is 2.05 bits per heavy atom. The van der Waals surface area contributed by atoms with Crippen molar-refractivity contribution in [3.05, 3.63) is 54.4 Å². The van der Waals surface area contributed by atoms with Gasteiger partial charge in [-0.25, -0.2) is 14.3 Å². The molecular weight excluding hydrogens is 254 g/mol. The van der Waals surface area contributed by atoms with Gasteiger partial charge in [0.15, 0.2) is 11.3 Å². The van der Waals surface area contributed by atoms with Crippen LogP contribution >= 0.6 is 0 Å². The number of aromatic nitrogens is 3. The number of benzene rings is 1. The van der Waals surface area contributed by atoms with Crippen LogP contribution in [0, 0.1) is 0 Å². The van der Waals surface area contributed by atoms with Gasteiger partial charge < -0.3 is 4.74 Å². The molecule has 3 rings (SSSR count). The fraction of sp³-hybridized carbons (Fsp3) is 0.133. The molecule has 0 N–H and O–H groups in total. The number of fused-ring (bicyclic) bond motifs is 1. The molecule has 0 amide bonds. The van der Waals surface area contributed by atoms with Crippen molar-refractivity contribution in [1.29, 1.82) is 0 Å². The summed E-state index contributed by atoms with van der Waals surface area (Å²) in [5.74, 6) is -0.419. The molecule has 2 aromatic heterocycles. The van der Waals surface area contributed by atoms with Crippen molar-refractivity contribution in [2.75, 3.05) is 6.61 Å². The molecule has 100 valence electrons. The predicted molar refractivity (Wildman–Crippen MR) is 74.4 cm³/mol. The highest BCUT2D eigenvalue weighted by Gasteiger charge is 2.11. The Morgan fingerprint density at radius 3 is 2.80 bits per heavy atom. The Morgan fingerprint density at radius 1 is 1.25 bits per heavy atom. The van der Waals surface area contributed by atoms with Gasteiger partial charge in [0.1, 0.15) is 0 Å². The first kappa shape index (κ1) is 12.3. The van der Waals surface area contributed by atoms with Gasteiger partial charge in [-0.2, -0.15) is 5.10 Å². The zero-order valence-electron chi connectivity index (χ0n) is 11.0. The predicted octanol–water partition coefficient (Wildman–Crippen LogP) is 2.57. The Balaban J connectivity index is 2.02. The highest BCUT2D eigenvalue weighted by Crippen LogP contribution is 2.18. The molecule has 0 saturated carbocycles. The first-order chi connectivity index (χ1) is 9.78. The van der Waals surface area contributed by atoms with E-state index in [9.17, 15) is 4.79 Å². The van der Waals surface area contributed by atoms with E-state index in [4.69, 9.17) is 4.74 Å². The molecule has 0 atom stereocenters. The minimum atomic E-state index is -0.419. The van der Waals surface area contributed by atoms with E-state index in [0.29, 0.717) is 17.9 Å². The van der Waals surface area contributed by atoms with Crippen LogP contribution in [0.15, 0.2) is 48.7 Å². The largest absolute Gasteiger partial charge is 0.461 e. The van der Waals surface area contributed by atoms with Gasteiger partial charge in [-0.15, -0.1) is 0 Å². The van der Waals surface area contributed by atoms with Crippen molar-refractivity contribution in [3.63, 3.8) is 0 Å². The lowest BCUT2D eigenvalue weighted by Gasteiger charge is -2.00. The summed E-state index contributed by atoms with van der Waals surface area (Å²) in [5.41, 5.74) is 2.74. The molecule has 5 heteroatoms. The molecule has 5 nitrogen and oxygen atoms in total. The highest BCUT2D eigenvalue weighted by atomic mass is 16.5. The molecule has 0 aliphatic rings. The van der Waals surface area contributed by atoms with Crippen molar-refractivity contribution in [2.45, 2.75) is 6.92 Å². The molecule has 1 aromatic carbocycles. The Hall–Kier alpha value is -2.69. The molecule has 20 heavy (non-hydrogen) atoms. The maximum atomic E-state index is 11.7. The van der Waals surface area contributed by atoms with Crippen molar-refractivity contribution in [2.24, 2.45) is 0 Å². The zero-order chi connectivity index (χ0) is 13.9. The van der Waals surface area contributed by atoms with Gasteiger partial charge in [-0.3, -0.25) is 0 Å². The second-order valence-electron chi connectivity index (χ2n) is 4.23. The van der Waals surface area contributed by atoms with Crippen LogP contribution in [0.2, 0.25) is 0 Å². The van der Waals surface area contributed by atoms with Crippen molar-refractivity contribution in [1.82, 2.24) is 14.6 Å². The SMILES string of the molecule is CCOC(=O)c1ccn2nc(-c3ccccc3)cc2n1. The summed E-state index contributed by atoms with van der Waals surface area (Å²) in [6.07, 6.45) is 1.71. The molecule has 0 aliphatic carbocycles. The van der Waals surface area contributed by atoms with E-state index in [1.165, 1.54) is 0 Å². The lowest BCUT2D eigenvalue weighted by molar-refractivity contribution is 0.0519. The quantitative estimate of drug-likeness (QED) is 0.684. The Labute approximate surface area is 115 Å². The first-order valence-corrected chi connectivity index (χ1v) is 6.37. The van der Waals surface area contributed by atoms with Gasteiger partial charge in [-0.1, -0.05) is 30.3 Å². The van der Waals surface area contributed by atoms with E-state index in [2.05, 4.69) is 10.1 Å². The van der Waals surface area contributed by atoms with Crippen LogP contribution in [0.5, 0.6) is 0 Å². The average molecular weight is 267 g/mol. The van der Waals surface area contributed by atoms with Gasteiger partial charge in [0, 0.05) is 17.8 Å². The molecule has 0 unspecified atom stereocenters. The number of ether oxygens (including phenoxy) is 1. The van der Waals surface area contributed by atoms with Crippen molar-refractivity contribution < 1.29 is 9.53 Å². The average Bonchev–Trinajstić information content (AvgIpc) is 2.91. The third-order valence-corrected chi connectivity index (χ3v) is 2.88. The van der Waals surface area contributed by atoms with Gasteiger partial charge in [0.05, 0.1) is 12.3 Å². The fourth-order valence-electron chi connectivity index (χ4n) is 1.95. The standard InChI is InChI=1S/C15H13N3O2/c1-2-20-15(19)12-8-9-18-14(16-12)10-13(17-18)11-6-4-3-5-7-11/h3-10H,2H2,1H3. The first-order valence-electron chi connectivity index (χ1n) is 6.37. The molecule has 0 radical (unpaired) electrons. The van der Waals surface area contributed by atoms with Crippen molar-refractivity contribution >= 4 is 11.6 Å². The van der Waals surface area contributed by atoms with Gasteiger partial charge in [0.2, 0.25) is 0 Å². The number of hydrogen-bond donors (Lipinski definition) is 0. The third kappa shape index (κ3) is 2.25. The maximum Gasteiger partial charge on any atom is 0.357 e. The van der Waals surface area contributed by atoms with Gasteiger partial charge >= 0.3 is 5.97 Å². The van der Waals surface area contributed by atoms with Crippen LogP contribution in [-0.2, 0) is 4.74 Å². The fourth-order valence-corrected chi connectivity index (χ4v) is 1.95. The van der Waals surface area contributed by atoms with E-state index < -0.39 is 5.97 Å². The van der Waals surface area contributed by atoms with Gasteiger partial charge in [0.25, 0.3) is 0 Å². The van der Waals surface area contributed by atoms with Gasteiger partial charge in [-0.05, 0) is 13.0 Å². The molecule has 0 bridgehead atoms. The number of hydrogen-bond acceptors (Lipinski definition) is 4. The monoisotopic (exact) mass is 267 g/mol. The number of nitrogens with zero attached hydrogens (tertiary/aromatic N) is 3. The van der Waals surface area contributed by atoms with E-state index in [1.807, 2.05) is 36.4 Å². The van der Waals surface area contributed by atoms with Crippen LogP contribution in [0.3, 0.4) is 0 Å². The van der Waals surface area contributed by atoms with Crippen LogP contribution in [-0.4, -0.2) is 27.2 Å². The smallest absolute Gasteiger partial charge is 0.357 e. The summed E-state index contributed by atoms with van der Waals surface area (Å²) in [7, 11) is 0. The Kier molecular flexibility index (Phi) is 3.16. The summed E-state index contributed by atoms with van der Waals surface area (Å²) in [6, 6.07) is 13.3. The van der Waals surface area contributed by atoms with E-state index in [-0.39, 0.29) is 0 Å². The number of carbonyl (C=O) groups is 1. The molecule has 2 heterocycles. The van der Waals surface area contributed by atoms with Crippen LogP contribution in [0.25, 0.3) is 16.9 Å². The van der Waals surface area contributed by atoms with E-state index in [0.717, 1.165) is 11.3 Å². The topological polar surface area (TPSA) is 56.5 Å². The summed E-state index contributed by atoms with van der Waals surface area (Å²) in [4.78, 5) is 15.9. The van der Waals surface area contributed by atoms with E-state index >= 15 is 0 Å². The normalized spacial score (nSPS) is 10.7. The maximum absolute atomic E-state index is 11.7. The molecule has 0 fully saturated rings. The zero-order valence-corrected chi connectivity index (χ0v) is 11.0. The minimum absolute atomic E-state index is 0.291. The Bertz CT molecular complexity index is 750. The lowest BCUT2D eigenvalue weighted by Crippen LogP contribution is -2.07. The third-order valence-electron chi connectivity index (χ3n) is 2.88. The summed E-state index contributed by atoms with van der Waals surface area (Å²) >= 11 is 0. The van der Waals surface area contributed by atoms with Crippen molar-refractivity contribution in [3.8, 4) is 11.3 Å². The molecular formula is C15H13N3O2. The minimum Gasteiger partial charge on any atom is -0.461 e. The lowest BCUT2D eigenvalue weighted by atomic mass is 10.2. The molecule has 0 saturated heterocycles. The number of rotatable bonds is 3.